The lowest BCUT2D eigenvalue weighted by Gasteiger charge is -2.34. The highest BCUT2D eigenvalue weighted by Gasteiger charge is 2.29. The second-order valence-corrected chi connectivity index (χ2v) is 7.14. The van der Waals surface area contributed by atoms with E-state index in [0.29, 0.717) is 16.9 Å². The average Bonchev–Trinajstić information content (AvgIpc) is 2.54. The summed E-state index contributed by atoms with van der Waals surface area (Å²) in [6.07, 6.45) is 4.72. The van der Waals surface area contributed by atoms with Gasteiger partial charge in [-0.3, -0.25) is 10.1 Å². The van der Waals surface area contributed by atoms with Crippen LogP contribution in [-0.2, 0) is 4.79 Å². The van der Waals surface area contributed by atoms with Crippen LogP contribution in [0.2, 0.25) is 0 Å². The molecule has 1 aromatic carbocycles. The van der Waals surface area contributed by atoms with Crippen LogP contribution in [0.4, 0.5) is 0 Å². The van der Waals surface area contributed by atoms with Crippen molar-refractivity contribution in [2.75, 3.05) is 5.75 Å². The molecule has 118 valence electrons. The van der Waals surface area contributed by atoms with Gasteiger partial charge in [0.1, 0.15) is 6.04 Å². The molecule has 0 spiro atoms. The molecule has 4 nitrogen and oxygen atoms in total. The minimum Gasteiger partial charge on any atom is -0.368 e. The summed E-state index contributed by atoms with van der Waals surface area (Å²) in [5.41, 5.74) is 7.02. The fraction of sp³-hybridized carbons (Fsp3) is 0.529. The molecule has 1 aliphatic rings. The number of benzene rings is 1. The summed E-state index contributed by atoms with van der Waals surface area (Å²) in [6.45, 7) is 2.17. The normalized spacial score (nSPS) is 22.7. The predicted molar refractivity (Wildman–Crippen MR) is 90.4 cm³/mol. The number of hydrogen-bond donors (Lipinski definition) is 2. The van der Waals surface area contributed by atoms with Crippen LogP contribution in [0, 0.1) is 11.3 Å². The Hall–Kier alpha value is -1.51. The van der Waals surface area contributed by atoms with Crippen molar-refractivity contribution in [2.45, 2.75) is 49.9 Å². The van der Waals surface area contributed by atoms with Gasteiger partial charge in [-0.15, -0.1) is 0 Å². The third kappa shape index (κ3) is 4.25. The summed E-state index contributed by atoms with van der Waals surface area (Å²) >= 11 is 1.96. The zero-order valence-corrected chi connectivity index (χ0v) is 13.7. The van der Waals surface area contributed by atoms with Gasteiger partial charge in [-0.2, -0.15) is 17.0 Å². The van der Waals surface area contributed by atoms with Gasteiger partial charge in [0.15, 0.2) is 0 Å². The van der Waals surface area contributed by atoms with Crippen molar-refractivity contribution in [1.82, 2.24) is 5.32 Å². The first-order valence-corrected chi connectivity index (χ1v) is 8.87. The van der Waals surface area contributed by atoms with E-state index >= 15 is 0 Å². The van der Waals surface area contributed by atoms with E-state index in [9.17, 15) is 4.79 Å². The summed E-state index contributed by atoms with van der Waals surface area (Å²) in [7, 11) is 0. The lowest BCUT2D eigenvalue weighted by Crippen LogP contribution is -2.46. The van der Waals surface area contributed by atoms with Gasteiger partial charge >= 0.3 is 0 Å². The number of nitrogens with zero attached hydrogens (tertiary/aromatic N) is 1. The molecule has 3 atom stereocenters. The molecular weight excluding hydrogens is 294 g/mol. The van der Waals surface area contributed by atoms with Crippen molar-refractivity contribution in [3.8, 4) is 6.07 Å². The largest absolute Gasteiger partial charge is 0.368 e. The summed E-state index contributed by atoms with van der Waals surface area (Å²) in [5.74, 6) is 0.719. The maximum Gasteiger partial charge on any atom is 0.239 e. The number of carbonyl (C=O) groups is 1. The number of nitrogens with two attached hydrogens (primary N) is 1. The van der Waals surface area contributed by atoms with Crippen molar-refractivity contribution in [2.24, 2.45) is 5.73 Å². The van der Waals surface area contributed by atoms with Gasteiger partial charge in [-0.1, -0.05) is 31.9 Å². The van der Waals surface area contributed by atoms with Crippen molar-refractivity contribution in [3.05, 3.63) is 35.4 Å². The minimum absolute atomic E-state index is 0.312. The number of nitriles is 1. The van der Waals surface area contributed by atoms with Crippen LogP contribution in [-0.4, -0.2) is 23.0 Å². The third-order valence-electron chi connectivity index (χ3n) is 4.12. The summed E-state index contributed by atoms with van der Waals surface area (Å²) in [6, 6.07) is 8.99. The highest BCUT2D eigenvalue weighted by Crippen LogP contribution is 2.30. The molecule has 0 radical (unpaired) electrons. The second-order valence-electron chi connectivity index (χ2n) is 5.62. The Bertz CT molecular complexity index is 536. The first-order chi connectivity index (χ1) is 10.7. The van der Waals surface area contributed by atoms with E-state index in [4.69, 9.17) is 11.0 Å². The van der Waals surface area contributed by atoms with Crippen LogP contribution in [0.3, 0.4) is 0 Å². The fourth-order valence-corrected chi connectivity index (χ4v) is 4.22. The van der Waals surface area contributed by atoms with Gasteiger partial charge in [0.25, 0.3) is 0 Å². The molecule has 3 unspecified atom stereocenters. The molecule has 0 aromatic heterocycles. The summed E-state index contributed by atoms with van der Waals surface area (Å²) in [5, 5.41) is 12.9. The van der Waals surface area contributed by atoms with E-state index < -0.39 is 6.04 Å². The van der Waals surface area contributed by atoms with Crippen LogP contribution in [0.1, 0.15) is 49.8 Å². The quantitative estimate of drug-likeness (QED) is 0.845. The van der Waals surface area contributed by atoms with Gasteiger partial charge < -0.3 is 5.73 Å². The minimum atomic E-state index is -0.490. The Kier molecular flexibility index (Phi) is 6.29. The first kappa shape index (κ1) is 16.9. The smallest absolute Gasteiger partial charge is 0.239 e. The molecule has 22 heavy (non-hydrogen) atoms. The molecule has 0 saturated heterocycles. The van der Waals surface area contributed by atoms with Gasteiger partial charge in [0, 0.05) is 11.3 Å². The van der Waals surface area contributed by atoms with E-state index in [1.54, 1.807) is 12.1 Å². The highest BCUT2D eigenvalue weighted by molar-refractivity contribution is 7.99. The van der Waals surface area contributed by atoms with Crippen molar-refractivity contribution in [1.29, 1.82) is 5.26 Å². The summed E-state index contributed by atoms with van der Waals surface area (Å²) < 4.78 is 0. The number of carbonyl (C=O) groups excluding carboxylic acids is 1. The van der Waals surface area contributed by atoms with Crippen LogP contribution >= 0.6 is 11.8 Å². The van der Waals surface area contributed by atoms with Gasteiger partial charge in [-0.05, 0) is 36.3 Å². The number of thioether (sulfide) groups is 1. The zero-order valence-electron chi connectivity index (χ0n) is 12.9. The molecule has 1 aliphatic carbocycles. The number of amides is 1. The molecule has 0 bridgehead atoms. The highest BCUT2D eigenvalue weighted by atomic mass is 32.2. The number of primary amides is 1. The number of nitrogens with one attached hydrogen (secondary N) is 1. The first-order valence-electron chi connectivity index (χ1n) is 7.82. The van der Waals surface area contributed by atoms with Gasteiger partial charge in [-0.25, -0.2) is 0 Å². The van der Waals surface area contributed by atoms with Crippen LogP contribution in [0.15, 0.2) is 24.3 Å². The lowest BCUT2D eigenvalue weighted by atomic mass is 9.93. The molecule has 1 aromatic rings. The fourth-order valence-electron chi connectivity index (χ4n) is 3.01. The summed E-state index contributed by atoms with van der Waals surface area (Å²) in [4.78, 5) is 11.9. The standard InChI is InChI=1S/C17H23N3OS/c1-2-22-15-6-4-3-5-14(15)20-16(17(19)21)13-9-7-12(11-18)8-10-13/h7-10,14-16,20H,2-6H2,1H3,(H2,19,21). The van der Waals surface area contributed by atoms with Gasteiger partial charge in [0.2, 0.25) is 5.91 Å². The molecule has 1 saturated carbocycles. The zero-order chi connectivity index (χ0) is 15.9. The lowest BCUT2D eigenvalue weighted by molar-refractivity contribution is -0.120. The Morgan fingerprint density at radius 2 is 2.09 bits per heavy atom. The Labute approximate surface area is 136 Å². The molecule has 2 rings (SSSR count). The van der Waals surface area contributed by atoms with Crippen LogP contribution in [0.25, 0.3) is 0 Å². The van der Waals surface area contributed by atoms with Crippen LogP contribution < -0.4 is 11.1 Å². The molecule has 0 heterocycles. The van der Waals surface area contributed by atoms with Crippen molar-refractivity contribution >= 4 is 17.7 Å². The van der Waals surface area contributed by atoms with E-state index in [2.05, 4.69) is 18.3 Å². The van der Waals surface area contributed by atoms with Crippen LogP contribution in [0.5, 0.6) is 0 Å². The molecular formula is C17H23N3OS. The number of hydrogen-bond acceptors (Lipinski definition) is 4. The maximum atomic E-state index is 11.9. The Morgan fingerprint density at radius 3 is 2.68 bits per heavy atom. The van der Waals surface area contributed by atoms with Gasteiger partial charge in [0.05, 0.1) is 11.6 Å². The van der Waals surface area contributed by atoms with E-state index in [-0.39, 0.29) is 5.91 Å². The monoisotopic (exact) mass is 317 g/mol. The topological polar surface area (TPSA) is 78.9 Å². The third-order valence-corrected chi connectivity index (χ3v) is 5.45. The Morgan fingerprint density at radius 1 is 1.41 bits per heavy atom. The molecule has 3 N–H and O–H groups in total. The predicted octanol–water partition coefficient (Wildman–Crippen LogP) is 2.74. The van der Waals surface area contributed by atoms with Crippen molar-refractivity contribution < 1.29 is 4.79 Å². The average molecular weight is 317 g/mol. The van der Waals surface area contributed by atoms with E-state index in [1.807, 2.05) is 23.9 Å². The molecule has 5 heteroatoms. The second kappa shape index (κ2) is 8.21. The SMILES string of the molecule is CCSC1CCCCC1NC(C(N)=O)c1ccc(C#N)cc1. The maximum absolute atomic E-state index is 11.9. The molecule has 1 amide bonds. The van der Waals surface area contributed by atoms with E-state index in [0.717, 1.165) is 17.7 Å². The molecule has 1 fully saturated rings. The Balaban J connectivity index is 2.13. The van der Waals surface area contributed by atoms with E-state index in [1.165, 1.54) is 19.3 Å². The number of rotatable bonds is 6. The molecule has 0 aliphatic heterocycles. The van der Waals surface area contributed by atoms with Crippen molar-refractivity contribution in [3.63, 3.8) is 0 Å².